The fourth-order valence-electron chi connectivity index (χ4n) is 1.28. The number of carbonyl (C=O) groups excluding carboxylic acids is 1. The summed E-state index contributed by atoms with van der Waals surface area (Å²) in [4.78, 5) is 12.7. The second kappa shape index (κ2) is 6.08. The molecule has 4 heteroatoms. The highest BCUT2D eigenvalue weighted by Crippen LogP contribution is 2.20. The molecule has 0 rings (SSSR count). The number of amides is 1. The van der Waals surface area contributed by atoms with Crippen LogP contribution in [0.5, 0.6) is 0 Å². The standard InChI is InChI=1S/C11H24N2O2/c1-11(2,3)6-9(14)7-12-8-10(15)13(4)5/h9,12,14H,6-8H2,1-5H3. The van der Waals surface area contributed by atoms with E-state index < -0.39 is 0 Å². The molecule has 0 saturated carbocycles. The highest BCUT2D eigenvalue weighted by Gasteiger charge is 2.16. The van der Waals surface area contributed by atoms with Crippen LogP contribution >= 0.6 is 0 Å². The smallest absolute Gasteiger partial charge is 0.236 e. The summed E-state index contributed by atoms with van der Waals surface area (Å²) in [6.45, 7) is 7.01. The molecule has 1 amide bonds. The summed E-state index contributed by atoms with van der Waals surface area (Å²) in [5, 5.41) is 12.6. The molecule has 2 N–H and O–H groups in total. The largest absolute Gasteiger partial charge is 0.392 e. The molecule has 0 aromatic heterocycles. The minimum Gasteiger partial charge on any atom is -0.392 e. The third-order valence-corrected chi connectivity index (χ3v) is 2.00. The van der Waals surface area contributed by atoms with Crippen LogP contribution < -0.4 is 5.32 Å². The molecular weight excluding hydrogens is 192 g/mol. The van der Waals surface area contributed by atoms with Gasteiger partial charge in [-0.15, -0.1) is 0 Å². The SMILES string of the molecule is CN(C)C(=O)CNCC(O)CC(C)(C)C. The maximum Gasteiger partial charge on any atom is 0.236 e. The molecular formula is C11H24N2O2. The zero-order valence-corrected chi connectivity index (χ0v) is 10.5. The molecule has 1 atom stereocenters. The summed E-state index contributed by atoms with van der Waals surface area (Å²) in [6, 6.07) is 0. The molecule has 0 saturated heterocycles. The molecule has 4 nitrogen and oxygen atoms in total. The number of aliphatic hydroxyl groups is 1. The lowest BCUT2D eigenvalue weighted by Gasteiger charge is -2.22. The summed E-state index contributed by atoms with van der Waals surface area (Å²) in [5.41, 5.74) is 0.118. The number of aliphatic hydroxyl groups excluding tert-OH is 1. The van der Waals surface area contributed by atoms with Crippen molar-refractivity contribution in [2.75, 3.05) is 27.2 Å². The molecule has 0 aliphatic rings. The average molecular weight is 216 g/mol. The minimum atomic E-state index is -0.389. The van der Waals surface area contributed by atoms with Crippen LogP contribution in [-0.2, 0) is 4.79 Å². The van der Waals surface area contributed by atoms with Gasteiger partial charge in [-0.25, -0.2) is 0 Å². The van der Waals surface area contributed by atoms with Crippen molar-refractivity contribution in [3.05, 3.63) is 0 Å². The van der Waals surface area contributed by atoms with Gasteiger partial charge in [0.15, 0.2) is 0 Å². The van der Waals surface area contributed by atoms with Crippen molar-refractivity contribution in [2.24, 2.45) is 5.41 Å². The van der Waals surface area contributed by atoms with E-state index in [-0.39, 0.29) is 24.0 Å². The highest BCUT2D eigenvalue weighted by atomic mass is 16.3. The van der Waals surface area contributed by atoms with Crippen LogP contribution in [0.25, 0.3) is 0 Å². The number of hydrogen-bond donors (Lipinski definition) is 2. The van der Waals surface area contributed by atoms with Crippen molar-refractivity contribution in [3.8, 4) is 0 Å². The van der Waals surface area contributed by atoms with Gasteiger partial charge in [0.25, 0.3) is 0 Å². The van der Waals surface area contributed by atoms with E-state index in [4.69, 9.17) is 0 Å². The van der Waals surface area contributed by atoms with E-state index in [2.05, 4.69) is 26.1 Å². The van der Waals surface area contributed by atoms with Crippen LogP contribution in [0.1, 0.15) is 27.2 Å². The van der Waals surface area contributed by atoms with E-state index >= 15 is 0 Å². The fraction of sp³-hybridized carbons (Fsp3) is 0.909. The maximum atomic E-state index is 11.2. The third-order valence-electron chi connectivity index (χ3n) is 2.00. The molecule has 0 aromatic carbocycles. The first-order valence-electron chi connectivity index (χ1n) is 5.31. The molecule has 0 heterocycles. The van der Waals surface area contributed by atoms with Gasteiger partial charge in [-0.1, -0.05) is 20.8 Å². The Morgan fingerprint density at radius 2 is 1.93 bits per heavy atom. The molecule has 0 spiro atoms. The second-order valence-corrected chi connectivity index (χ2v) is 5.34. The molecule has 1 unspecified atom stereocenters. The molecule has 0 aliphatic heterocycles. The summed E-state index contributed by atoms with van der Waals surface area (Å²) < 4.78 is 0. The first-order chi connectivity index (χ1) is 6.72. The van der Waals surface area contributed by atoms with Crippen LogP contribution in [-0.4, -0.2) is 49.2 Å². The van der Waals surface area contributed by atoms with Crippen LogP contribution in [0.4, 0.5) is 0 Å². The van der Waals surface area contributed by atoms with Gasteiger partial charge in [0.05, 0.1) is 12.6 Å². The van der Waals surface area contributed by atoms with Gasteiger partial charge < -0.3 is 15.3 Å². The quantitative estimate of drug-likeness (QED) is 0.702. The summed E-state index contributed by atoms with van der Waals surface area (Å²) in [7, 11) is 3.44. The van der Waals surface area contributed by atoms with Gasteiger partial charge in [0.1, 0.15) is 0 Å². The summed E-state index contributed by atoms with van der Waals surface area (Å²) in [5.74, 6) is 0.0259. The molecule has 0 bridgehead atoms. The van der Waals surface area contributed by atoms with Gasteiger partial charge in [0.2, 0.25) is 5.91 Å². The summed E-state index contributed by atoms with van der Waals surface area (Å²) >= 11 is 0. The first-order valence-corrected chi connectivity index (χ1v) is 5.31. The lowest BCUT2D eigenvalue weighted by molar-refractivity contribution is -0.127. The number of hydrogen-bond acceptors (Lipinski definition) is 3. The number of carbonyl (C=O) groups is 1. The zero-order chi connectivity index (χ0) is 12.1. The monoisotopic (exact) mass is 216 g/mol. The Morgan fingerprint density at radius 3 is 2.33 bits per heavy atom. The third kappa shape index (κ3) is 8.39. The van der Waals surface area contributed by atoms with Gasteiger partial charge in [-0.3, -0.25) is 4.79 Å². The molecule has 0 aromatic rings. The number of rotatable bonds is 5. The summed E-state index contributed by atoms with van der Waals surface area (Å²) in [6.07, 6.45) is 0.343. The predicted molar refractivity (Wildman–Crippen MR) is 61.6 cm³/mol. The van der Waals surface area contributed by atoms with E-state index in [0.717, 1.165) is 6.42 Å². The van der Waals surface area contributed by atoms with E-state index in [1.165, 1.54) is 4.90 Å². The van der Waals surface area contributed by atoms with Gasteiger partial charge in [0, 0.05) is 20.6 Å². The Bertz CT molecular complexity index is 197. The number of nitrogens with one attached hydrogen (secondary N) is 1. The van der Waals surface area contributed by atoms with Crippen molar-refractivity contribution in [3.63, 3.8) is 0 Å². The maximum absolute atomic E-state index is 11.2. The van der Waals surface area contributed by atoms with Crippen molar-refractivity contribution in [1.29, 1.82) is 0 Å². The lowest BCUT2D eigenvalue weighted by atomic mass is 9.89. The van der Waals surface area contributed by atoms with E-state index in [1.807, 2.05) is 0 Å². The van der Waals surface area contributed by atoms with Gasteiger partial charge in [-0.2, -0.15) is 0 Å². The van der Waals surface area contributed by atoms with Crippen LogP contribution in [0, 0.1) is 5.41 Å². The number of nitrogens with zero attached hydrogens (tertiary/aromatic N) is 1. The van der Waals surface area contributed by atoms with Crippen molar-refractivity contribution in [1.82, 2.24) is 10.2 Å². The topological polar surface area (TPSA) is 52.6 Å². The Balaban J connectivity index is 3.64. The molecule has 90 valence electrons. The number of likely N-dealkylation sites (N-methyl/N-ethyl adjacent to an activating group) is 1. The molecule has 0 fully saturated rings. The molecule has 0 aliphatic carbocycles. The fourth-order valence-corrected chi connectivity index (χ4v) is 1.28. The highest BCUT2D eigenvalue weighted by molar-refractivity contribution is 5.77. The zero-order valence-electron chi connectivity index (χ0n) is 10.5. The second-order valence-electron chi connectivity index (χ2n) is 5.34. The first kappa shape index (κ1) is 14.4. The van der Waals surface area contributed by atoms with Crippen LogP contribution in [0.3, 0.4) is 0 Å². The Labute approximate surface area is 92.7 Å². The van der Waals surface area contributed by atoms with Gasteiger partial charge in [-0.05, 0) is 11.8 Å². The van der Waals surface area contributed by atoms with E-state index in [1.54, 1.807) is 14.1 Å². The average Bonchev–Trinajstić information content (AvgIpc) is 2.00. The predicted octanol–water partition coefficient (Wildman–Crippen LogP) is 0.461. The molecule has 15 heavy (non-hydrogen) atoms. The van der Waals surface area contributed by atoms with E-state index in [9.17, 15) is 9.90 Å². The Morgan fingerprint density at radius 1 is 1.40 bits per heavy atom. The van der Waals surface area contributed by atoms with Crippen molar-refractivity contribution >= 4 is 5.91 Å². The Kier molecular flexibility index (Phi) is 5.83. The lowest BCUT2D eigenvalue weighted by Crippen LogP contribution is -2.37. The normalized spacial score (nSPS) is 13.7. The van der Waals surface area contributed by atoms with Crippen LogP contribution in [0.15, 0.2) is 0 Å². The van der Waals surface area contributed by atoms with Crippen molar-refractivity contribution < 1.29 is 9.90 Å². The van der Waals surface area contributed by atoms with Crippen LogP contribution in [0.2, 0.25) is 0 Å². The van der Waals surface area contributed by atoms with Crippen molar-refractivity contribution in [2.45, 2.75) is 33.3 Å². The van der Waals surface area contributed by atoms with Gasteiger partial charge >= 0.3 is 0 Å². The Hall–Kier alpha value is -0.610. The van der Waals surface area contributed by atoms with E-state index in [0.29, 0.717) is 6.54 Å². The molecule has 0 radical (unpaired) electrons. The minimum absolute atomic E-state index is 0.0259.